The van der Waals surface area contributed by atoms with Gasteiger partial charge in [0.15, 0.2) is 5.58 Å². The summed E-state index contributed by atoms with van der Waals surface area (Å²) in [5.41, 5.74) is 3.93. The van der Waals surface area contributed by atoms with Crippen LogP contribution in [0.3, 0.4) is 0 Å². The van der Waals surface area contributed by atoms with Crippen LogP contribution in [0.1, 0.15) is 65.0 Å². The number of halogens is 1. The highest BCUT2D eigenvalue weighted by atomic mass is 19.1. The highest BCUT2D eigenvalue weighted by molar-refractivity contribution is 5.96. The number of hydrogen-bond acceptors (Lipinski definition) is 5. The van der Waals surface area contributed by atoms with Gasteiger partial charge < -0.3 is 24.0 Å². The van der Waals surface area contributed by atoms with E-state index < -0.39 is 6.10 Å². The molecule has 6 rings (SSSR count). The van der Waals surface area contributed by atoms with Crippen molar-refractivity contribution in [2.75, 3.05) is 32.7 Å². The number of likely N-dealkylation sites (tertiary alicyclic amines) is 1. The van der Waals surface area contributed by atoms with Gasteiger partial charge in [-0.3, -0.25) is 4.79 Å². The molecule has 1 N–H and O–H groups in total. The molecule has 4 aromatic rings. The summed E-state index contributed by atoms with van der Waals surface area (Å²) in [7, 11) is 0. The third-order valence-corrected chi connectivity index (χ3v) is 8.05. The van der Waals surface area contributed by atoms with Gasteiger partial charge in [0.05, 0.1) is 23.1 Å². The van der Waals surface area contributed by atoms with Crippen molar-refractivity contribution in [2.24, 2.45) is 0 Å². The van der Waals surface area contributed by atoms with Crippen LogP contribution in [0.4, 0.5) is 4.39 Å². The number of amides is 1. The van der Waals surface area contributed by atoms with Crippen LogP contribution < -0.4 is 0 Å². The number of fused-ring (bicyclic) bond motifs is 2. The Labute approximate surface area is 221 Å². The molecule has 0 saturated carbocycles. The van der Waals surface area contributed by atoms with Crippen molar-refractivity contribution >= 4 is 16.9 Å². The number of nitrogens with zero attached hydrogens (tertiary/aromatic N) is 4. The molecule has 38 heavy (non-hydrogen) atoms. The maximum atomic E-state index is 13.5. The van der Waals surface area contributed by atoms with E-state index >= 15 is 0 Å². The molecular formula is C30H33FN4O3. The number of hydrogen-bond donors (Lipinski definition) is 1. The maximum absolute atomic E-state index is 13.5. The zero-order valence-corrected chi connectivity index (χ0v) is 21.4. The molecule has 1 atom stereocenters. The molecular weight excluding hydrogens is 483 g/mol. The standard InChI is InChI=1S/C30H33FN4O3/c31-23-7-8-24-27(19-23)38-32-28(24)22-9-15-33(16-10-22)13-4-14-34-18-12-26(36)29-25(30(34)37)11-17-35(29)20-21-5-2-1-3-6-21/h1-3,5-8,11,17,19,22,26,36H,4,9-10,12-16,18,20H2. The van der Waals surface area contributed by atoms with Gasteiger partial charge in [-0.1, -0.05) is 35.5 Å². The Kier molecular flexibility index (Phi) is 7.00. The van der Waals surface area contributed by atoms with Crippen molar-refractivity contribution in [3.05, 3.63) is 89.1 Å². The SMILES string of the molecule is O=C1c2ccn(Cc3ccccc3)c2C(O)CCN1CCCN1CCC(c2noc3cc(F)ccc23)CC1. The van der Waals surface area contributed by atoms with Crippen molar-refractivity contribution in [1.82, 2.24) is 19.5 Å². The van der Waals surface area contributed by atoms with Gasteiger partial charge in [0, 0.05) is 43.2 Å². The van der Waals surface area contributed by atoms with Gasteiger partial charge in [0.2, 0.25) is 0 Å². The molecule has 2 aromatic carbocycles. The molecule has 0 aliphatic carbocycles. The molecule has 2 aliphatic rings. The van der Waals surface area contributed by atoms with Crippen molar-refractivity contribution < 1.29 is 18.8 Å². The van der Waals surface area contributed by atoms with E-state index in [4.69, 9.17) is 4.52 Å². The van der Waals surface area contributed by atoms with E-state index in [1.54, 1.807) is 6.07 Å². The molecule has 0 spiro atoms. The number of aromatic nitrogens is 2. The van der Waals surface area contributed by atoms with E-state index in [1.165, 1.54) is 12.1 Å². The van der Waals surface area contributed by atoms with Crippen molar-refractivity contribution in [3.8, 4) is 0 Å². The first-order chi connectivity index (χ1) is 18.6. The second-order valence-corrected chi connectivity index (χ2v) is 10.5. The summed E-state index contributed by atoms with van der Waals surface area (Å²) >= 11 is 0. The predicted octanol–water partition coefficient (Wildman–Crippen LogP) is 4.97. The Balaban J connectivity index is 1.03. The fourth-order valence-electron chi connectivity index (χ4n) is 6.00. The number of aliphatic hydroxyl groups excluding tert-OH is 1. The first-order valence-electron chi connectivity index (χ1n) is 13.5. The van der Waals surface area contributed by atoms with E-state index in [0.717, 1.165) is 61.2 Å². The van der Waals surface area contributed by atoms with Crippen LogP contribution in [0.5, 0.6) is 0 Å². The fourth-order valence-corrected chi connectivity index (χ4v) is 6.00. The zero-order chi connectivity index (χ0) is 26.1. The summed E-state index contributed by atoms with van der Waals surface area (Å²) in [4.78, 5) is 17.7. The quantitative estimate of drug-likeness (QED) is 0.376. The average molecular weight is 517 g/mol. The summed E-state index contributed by atoms with van der Waals surface area (Å²) in [5, 5.41) is 16.1. The fraction of sp³-hybridized carbons (Fsp3) is 0.400. The van der Waals surface area contributed by atoms with Crippen LogP contribution in [0.25, 0.3) is 11.0 Å². The summed E-state index contributed by atoms with van der Waals surface area (Å²) in [6.07, 6.45) is 4.65. The van der Waals surface area contributed by atoms with Crippen LogP contribution in [0.15, 0.2) is 65.3 Å². The van der Waals surface area contributed by atoms with Gasteiger partial charge in [-0.2, -0.15) is 0 Å². The van der Waals surface area contributed by atoms with E-state index in [1.807, 2.05) is 39.9 Å². The first kappa shape index (κ1) is 24.8. The van der Waals surface area contributed by atoms with E-state index in [2.05, 4.69) is 22.2 Å². The van der Waals surface area contributed by atoms with Crippen molar-refractivity contribution in [3.63, 3.8) is 0 Å². The normalized spacial score (nSPS) is 19.2. The van der Waals surface area contributed by atoms with Gasteiger partial charge in [-0.05, 0) is 69.1 Å². The zero-order valence-electron chi connectivity index (χ0n) is 21.4. The topological polar surface area (TPSA) is 74.7 Å². The predicted molar refractivity (Wildman–Crippen MR) is 142 cm³/mol. The van der Waals surface area contributed by atoms with E-state index in [-0.39, 0.29) is 11.7 Å². The van der Waals surface area contributed by atoms with Crippen molar-refractivity contribution in [1.29, 1.82) is 0 Å². The van der Waals surface area contributed by atoms with Gasteiger partial charge in [-0.25, -0.2) is 4.39 Å². The number of piperidine rings is 1. The highest BCUT2D eigenvalue weighted by Gasteiger charge is 2.30. The smallest absolute Gasteiger partial charge is 0.255 e. The summed E-state index contributed by atoms with van der Waals surface area (Å²) < 4.78 is 20.9. The molecule has 2 aliphatic heterocycles. The number of carbonyl (C=O) groups excluding carboxylic acids is 1. The van der Waals surface area contributed by atoms with Gasteiger partial charge in [0.25, 0.3) is 5.91 Å². The molecule has 1 amide bonds. The Morgan fingerprint density at radius 2 is 1.82 bits per heavy atom. The molecule has 8 heteroatoms. The minimum atomic E-state index is -0.652. The summed E-state index contributed by atoms with van der Waals surface area (Å²) in [6.45, 7) is 4.71. The Morgan fingerprint density at radius 1 is 1.00 bits per heavy atom. The van der Waals surface area contributed by atoms with Gasteiger partial charge >= 0.3 is 0 Å². The lowest BCUT2D eigenvalue weighted by Crippen LogP contribution is -2.37. The third kappa shape index (κ3) is 4.98. The molecule has 4 heterocycles. The largest absolute Gasteiger partial charge is 0.387 e. The maximum Gasteiger partial charge on any atom is 0.255 e. The summed E-state index contributed by atoms with van der Waals surface area (Å²) in [6, 6.07) is 16.6. The van der Waals surface area contributed by atoms with E-state index in [0.29, 0.717) is 43.1 Å². The lowest BCUT2D eigenvalue weighted by molar-refractivity contribution is 0.0736. The monoisotopic (exact) mass is 516 g/mol. The minimum absolute atomic E-state index is 0.0106. The minimum Gasteiger partial charge on any atom is -0.387 e. The third-order valence-electron chi connectivity index (χ3n) is 8.05. The van der Waals surface area contributed by atoms with Crippen LogP contribution in [0, 0.1) is 5.82 Å². The number of rotatable bonds is 7. The molecule has 1 fully saturated rings. The number of benzene rings is 2. The molecule has 7 nitrogen and oxygen atoms in total. The average Bonchev–Trinajstić information content (AvgIpc) is 3.52. The van der Waals surface area contributed by atoms with Crippen molar-refractivity contribution in [2.45, 2.75) is 44.2 Å². The Bertz CT molecular complexity index is 1410. The molecule has 1 unspecified atom stereocenters. The number of aliphatic hydroxyl groups is 1. The Hall–Kier alpha value is -3.49. The molecule has 2 aromatic heterocycles. The summed E-state index contributed by atoms with van der Waals surface area (Å²) in [5.74, 6) is 0.00907. The molecule has 0 bridgehead atoms. The van der Waals surface area contributed by atoms with Crippen LogP contribution in [-0.4, -0.2) is 63.3 Å². The van der Waals surface area contributed by atoms with Crippen LogP contribution in [0.2, 0.25) is 0 Å². The Morgan fingerprint density at radius 3 is 2.63 bits per heavy atom. The lowest BCUT2D eigenvalue weighted by atomic mass is 9.91. The first-order valence-corrected chi connectivity index (χ1v) is 13.5. The molecule has 1 saturated heterocycles. The number of carbonyl (C=O) groups is 1. The lowest BCUT2D eigenvalue weighted by Gasteiger charge is -2.31. The highest BCUT2D eigenvalue weighted by Crippen LogP contribution is 2.33. The van der Waals surface area contributed by atoms with Crippen LogP contribution >= 0.6 is 0 Å². The van der Waals surface area contributed by atoms with Gasteiger partial charge in [0.1, 0.15) is 5.82 Å². The molecule has 0 radical (unpaired) electrons. The molecule has 198 valence electrons. The second kappa shape index (κ2) is 10.7. The van der Waals surface area contributed by atoms with Crippen LogP contribution in [-0.2, 0) is 6.54 Å². The van der Waals surface area contributed by atoms with E-state index in [9.17, 15) is 14.3 Å². The van der Waals surface area contributed by atoms with Gasteiger partial charge in [-0.15, -0.1) is 0 Å². The second-order valence-electron chi connectivity index (χ2n) is 10.5.